The van der Waals surface area contributed by atoms with Gasteiger partial charge in [-0.1, -0.05) is 20.3 Å². The second-order valence-electron chi connectivity index (χ2n) is 2.13. The lowest BCUT2D eigenvalue weighted by molar-refractivity contribution is 0.0549. The summed E-state index contributed by atoms with van der Waals surface area (Å²) in [6.45, 7) is 8.79. The maximum Gasteiger partial charge on any atom is 0.0572 e. The van der Waals surface area contributed by atoms with Crippen LogP contribution in [0.1, 0.15) is 33.1 Å². The molecule has 0 aliphatic rings. The maximum atomic E-state index is 5.39. The van der Waals surface area contributed by atoms with E-state index in [-0.39, 0.29) is 0 Å². The second kappa shape index (κ2) is 6.09. The Morgan fingerprint density at radius 2 is 2.11 bits per heavy atom. The summed E-state index contributed by atoms with van der Waals surface area (Å²) >= 11 is 0. The summed E-state index contributed by atoms with van der Waals surface area (Å²) in [6, 6.07) is 0. The average molecular weight is 129 g/mol. The van der Waals surface area contributed by atoms with Gasteiger partial charge in [-0.05, 0) is 19.8 Å². The molecule has 1 nitrogen and oxygen atoms in total. The maximum absolute atomic E-state index is 5.39. The van der Waals surface area contributed by atoms with E-state index >= 15 is 0 Å². The van der Waals surface area contributed by atoms with Crippen LogP contribution in [0.4, 0.5) is 0 Å². The molecule has 0 saturated carbocycles. The van der Waals surface area contributed by atoms with E-state index in [1.165, 1.54) is 0 Å². The Morgan fingerprint density at radius 1 is 1.44 bits per heavy atom. The van der Waals surface area contributed by atoms with Crippen LogP contribution in [-0.4, -0.2) is 12.7 Å². The molecule has 0 amide bonds. The van der Waals surface area contributed by atoms with Gasteiger partial charge in [-0.15, -0.1) is 0 Å². The van der Waals surface area contributed by atoms with Gasteiger partial charge >= 0.3 is 0 Å². The molecule has 0 aliphatic heterocycles. The molecule has 9 heavy (non-hydrogen) atoms. The number of rotatable bonds is 5. The van der Waals surface area contributed by atoms with Gasteiger partial charge in [0, 0.05) is 6.61 Å². The lowest BCUT2D eigenvalue weighted by Crippen LogP contribution is -2.10. The highest BCUT2D eigenvalue weighted by atomic mass is 16.5. The largest absolute Gasteiger partial charge is 0.379 e. The minimum Gasteiger partial charge on any atom is -0.379 e. The number of hydrogen-bond donors (Lipinski definition) is 0. The van der Waals surface area contributed by atoms with Crippen molar-refractivity contribution in [1.29, 1.82) is 0 Å². The first-order chi connectivity index (χ1) is 4.35. The Kier molecular flexibility index (Phi) is 6.06. The summed E-state index contributed by atoms with van der Waals surface area (Å²) in [5.41, 5.74) is 0. The van der Waals surface area contributed by atoms with Crippen LogP contribution in [0.15, 0.2) is 0 Å². The van der Waals surface area contributed by atoms with Crippen molar-refractivity contribution < 1.29 is 4.74 Å². The Bertz CT molecular complexity index is 46.5. The monoisotopic (exact) mass is 129 g/mol. The van der Waals surface area contributed by atoms with E-state index in [2.05, 4.69) is 13.8 Å². The standard InChI is InChI=1S/C8H17O/c1-4-7-8(5-2)9-6-3/h8H,1,4-7H2,2-3H3. The van der Waals surface area contributed by atoms with E-state index in [9.17, 15) is 0 Å². The van der Waals surface area contributed by atoms with E-state index in [0.29, 0.717) is 6.10 Å². The zero-order valence-corrected chi connectivity index (χ0v) is 6.52. The Labute approximate surface area is 58.4 Å². The second-order valence-corrected chi connectivity index (χ2v) is 2.13. The molecule has 55 valence electrons. The highest BCUT2D eigenvalue weighted by Gasteiger charge is 2.01. The minimum absolute atomic E-state index is 0.451. The van der Waals surface area contributed by atoms with Crippen molar-refractivity contribution in [2.24, 2.45) is 0 Å². The van der Waals surface area contributed by atoms with Crippen molar-refractivity contribution in [3.05, 3.63) is 6.92 Å². The van der Waals surface area contributed by atoms with Crippen LogP contribution < -0.4 is 0 Å². The SMILES string of the molecule is [CH2]CCC(CC)OCC. The van der Waals surface area contributed by atoms with E-state index in [0.717, 1.165) is 25.9 Å². The third-order valence-corrected chi connectivity index (χ3v) is 1.38. The molecule has 0 N–H and O–H groups in total. The third kappa shape index (κ3) is 4.46. The lowest BCUT2D eigenvalue weighted by Gasteiger charge is -2.12. The molecule has 0 spiro atoms. The van der Waals surface area contributed by atoms with Crippen LogP contribution in [0, 0.1) is 6.92 Å². The van der Waals surface area contributed by atoms with E-state index in [1.54, 1.807) is 0 Å². The molecule has 0 heterocycles. The van der Waals surface area contributed by atoms with Crippen molar-refractivity contribution in [2.45, 2.75) is 39.2 Å². The van der Waals surface area contributed by atoms with Crippen LogP contribution >= 0.6 is 0 Å². The van der Waals surface area contributed by atoms with Crippen molar-refractivity contribution in [1.82, 2.24) is 0 Å². The highest BCUT2D eigenvalue weighted by molar-refractivity contribution is 4.55. The summed E-state index contributed by atoms with van der Waals surface area (Å²) in [4.78, 5) is 0. The van der Waals surface area contributed by atoms with Crippen LogP contribution in [0.3, 0.4) is 0 Å². The van der Waals surface area contributed by atoms with Gasteiger partial charge in [0.2, 0.25) is 0 Å². The Hall–Kier alpha value is -0.0400. The third-order valence-electron chi connectivity index (χ3n) is 1.38. The molecule has 0 aliphatic carbocycles. The van der Waals surface area contributed by atoms with Gasteiger partial charge in [0.1, 0.15) is 0 Å². The smallest absolute Gasteiger partial charge is 0.0572 e. The van der Waals surface area contributed by atoms with Crippen LogP contribution in [-0.2, 0) is 4.74 Å². The Balaban J connectivity index is 3.18. The normalized spacial score (nSPS) is 13.7. The number of ether oxygens (including phenoxy) is 1. The first-order valence-corrected chi connectivity index (χ1v) is 3.76. The van der Waals surface area contributed by atoms with Crippen molar-refractivity contribution in [2.75, 3.05) is 6.61 Å². The molecular formula is C8H17O. The predicted octanol–water partition coefficient (Wildman–Crippen LogP) is 2.42. The summed E-state index contributed by atoms with van der Waals surface area (Å²) in [7, 11) is 0. The molecule has 0 saturated heterocycles. The molecule has 1 radical (unpaired) electrons. The quantitative estimate of drug-likeness (QED) is 0.554. The first-order valence-electron chi connectivity index (χ1n) is 3.76. The van der Waals surface area contributed by atoms with Gasteiger partial charge in [0.15, 0.2) is 0 Å². The Morgan fingerprint density at radius 3 is 2.44 bits per heavy atom. The summed E-state index contributed by atoms with van der Waals surface area (Å²) in [5.74, 6) is 0. The molecule has 0 bridgehead atoms. The van der Waals surface area contributed by atoms with Crippen LogP contribution in [0.2, 0.25) is 0 Å². The molecule has 1 atom stereocenters. The van der Waals surface area contributed by atoms with Gasteiger partial charge in [0.25, 0.3) is 0 Å². The van der Waals surface area contributed by atoms with Gasteiger partial charge in [-0.25, -0.2) is 0 Å². The van der Waals surface area contributed by atoms with Crippen LogP contribution in [0.5, 0.6) is 0 Å². The van der Waals surface area contributed by atoms with Crippen molar-refractivity contribution in [3.8, 4) is 0 Å². The fourth-order valence-electron chi connectivity index (χ4n) is 0.869. The summed E-state index contributed by atoms with van der Waals surface area (Å²) < 4.78 is 5.39. The first kappa shape index (κ1) is 8.96. The van der Waals surface area contributed by atoms with Crippen molar-refractivity contribution >= 4 is 0 Å². The fourth-order valence-corrected chi connectivity index (χ4v) is 0.869. The zero-order chi connectivity index (χ0) is 7.11. The van der Waals surface area contributed by atoms with Crippen LogP contribution in [0.25, 0.3) is 0 Å². The number of hydrogen-bond acceptors (Lipinski definition) is 1. The molecule has 0 aromatic heterocycles. The molecule has 1 heteroatoms. The van der Waals surface area contributed by atoms with Gasteiger partial charge in [-0.3, -0.25) is 0 Å². The van der Waals surface area contributed by atoms with Gasteiger partial charge < -0.3 is 4.74 Å². The van der Waals surface area contributed by atoms with E-state index in [4.69, 9.17) is 4.74 Å². The molecule has 1 unspecified atom stereocenters. The lowest BCUT2D eigenvalue weighted by atomic mass is 10.2. The molecule has 0 fully saturated rings. The van der Waals surface area contributed by atoms with Crippen molar-refractivity contribution in [3.63, 3.8) is 0 Å². The average Bonchev–Trinajstić information content (AvgIpc) is 1.88. The molecule has 0 aromatic carbocycles. The van der Waals surface area contributed by atoms with E-state index < -0.39 is 0 Å². The van der Waals surface area contributed by atoms with E-state index in [1.807, 2.05) is 6.92 Å². The summed E-state index contributed by atoms with van der Waals surface area (Å²) in [6.07, 6.45) is 3.65. The molecular weight excluding hydrogens is 112 g/mol. The molecule has 0 rings (SSSR count). The highest BCUT2D eigenvalue weighted by Crippen LogP contribution is 2.04. The minimum atomic E-state index is 0.451. The van der Waals surface area contributed by atoms with Gasteiger partial charge in [0.05, 0.1) is 6.10 Å². The zero-order valence-electron chi connectivity index (χ0n) is 6.52. The predicted molar refractivity (Wildman–Crippen MR) is 40.3 cm³/mol. The summed E-state index contributed by atoms with van der Waals surface area (Å²) in [5, 5.41) is 0. The fraction of sp³-hybridized carbons (Fsp3) is 0.875. The topological polar surface area (TPSA) is 9.23 Å². The molecule has 0 aromatic rings. The van der Waals surface area contributed by atoms with Gasteiger partial charge in [-0.2, -0.15) is 0 Å².